The van der Waals surface area contributed by atoms with E-state index in [2.05, 4.69) is 43.9 Å². The normalized spacial score (nSPS) is 13.3. The molecule has 1 atom stereocenters. The number of ether oxygens (including phenoxy) is 1. The maximum absolute atomic E-state index is 12.7. The van der Waals surface area contributed by atoms with Gasteiger partial charge in [0, 0.05) is 31.7 Å². The molecule has 0 radical (unpaired) electrons. The van der Waals surface area contributed by atoms with E-state index >= 15 is 0 Å². The highest BCUT2D eigenvalue weighted by molar-refractivity contribution is 7.89. The summed E-state index contributed by atoms with van der Waals surface area (Å²) in [4.78, 5) is 37.8. The number of amides is 3. The van der Waals surface area contributed by atoms with Crippen LogP contribution in [0.3, 0.4) is 0 Å². The van der Waals surface area contributed by atoms with E-state index < -0.39 is 16.1 Å². The minimum Gasteiger partial charge on any atom is -0.449 e. The van der Waals surface area contributed by atoms with Crippen molar-refractivity contribution in [1.29, 1.82) is 0 Å². The second-order valence-electron chi connectivity index (χ2n) is 11.6. The fraction of sp³-hybridized carbons (Fsp3) is 0.270. The molecule has 49 heavy (non-hydrogen) atoms. The first kappa shape index (κ1) is 35.0. The van der Waals surface area contributed by atoms with Crippen molar-refractivity contribution in [2.24, 2.45) is 4.99 Å². The fourth-order valence-corrected chi connectivity index (χ4v) is 7.15. The van der Waals surface area contributed by atoms with Crippen LogP contribution in [0.15, 0.2) is 88.8 Å². The Morgan fingerprint density at radius 3 is 2.29 bits per heavy atom. The van der Waals surface area contributed by atoms with Crippen molar-refractivity contribution in [2.45, 2.75) is 43.9 Å². The zero-order valence-corrected chi connectivity index (χ0v) is 28.4. The van der Waals surface area contributed by atoms with E-state index in [9.17, 15) is 22.8 Å². The SMILES string of the molecule is CCCNC(=O)Nc1ccc2c(c1)C(COC(=O)NC)c1cc(S(=O)(=O)NCCC)ccc1-2.O=C=Nc1ccc2c(c1)Cc1ccccc1-2. The van der Waals surface area contributed by atoms with Crippen molar-refractivity contribution >= 4 is 39.6 Å². The molecule has 0 aromatic heterocycles. The first-order chi connectivity index (χ1) is 23.7. The Morgan fingerprint density at radius 1 is 0.857 bits per heavy atom. The first-order valence-corrected chi connectivity index (χ1v) is 17.6. The van der Waals surface area contributed by atoms with E-state index in [1.807, 2.05) is 50.2 Å². The van der Waals surface area contributed by atoms with Gasteiger partial charge in [-0.3, -0.25) is 0 Å². The molecule has 6 rings (SSSR count). The Balaban J connectivity index is 0.000000241. The van der Waals surface area contributed by atoms with Crippen LogP contribution in [0.5, 0.6) is 0 Å². The topological polar surface area (TPSA) is 155 Å². The van der Waals surface area contributed by atoms with Crippen LogP contribution in [0.1, 0.15) is 54.9 Å². The number of rotatable bonds is 10. The lowest BCUT2D eigenvalue weighted by molar-refractivity contribution is 0.145. The number of anilines is 1. The molecule has 0 spiro atoms. The van der Waals surface area contributed by atoms with E-state index in [0.29, 0.717) is 30.9 Å². The van der Waals surface area contributed by atoms with E-state index in [1.54, 1.807) is 30.3 Å². The molecule has 1 unspecified atom stereocenters. The number of carbonyl (C=O) groups excluding carboxylic acids is 3. The number of isocyanates is 1. The van der Waals surface area contributed by atoms with Gasteiger partial charge in [-0.1, -0.05) is 56.3 Å². The molecular weight excluding hydrogens is 643 g/mol. The number of sulfonamides is 1. The summed E-state index contributed by atoms with van der Waals surface area (Å²) in [6.45, 7) is 4.79. The average molecular weight is 682 g/mol. The number of fused-ring (bicyclic) bond motifs is 6. The number of hydrogen-bond donors (Lipinski definition) is 4. The van der Waals surface area contributed by atoms with Crippen molar-refractivity contribution in [3.05, 3.63) is 101 Å². The highest BCUT2D eigenvalue weighted by atomic mass is 32.2. The summed E-state index contributed by atoms with van der Waals surface area (Å²) in [5.74, 6) is -0.380. The Morgan fingerprint density at radius 2 is 1.55 bits per heavy atom. The second kappa shape index (κ2) is 15.7. The second-order valence-corrected chi connectivity index (χ2v) is 13.4. The molecule has 254 valence electrons. The summed E-state index contributed by atoms with van der Waals surface area (Å²) < 4.78 is 33.3. The molecule has 3 amide bonds. The molecule has 0 saturated carbocycles. The number of nitrogens with one attached hydrogen (secondary N) is 4. The zero-order chi connectivity index (χ0) is 35.0. The Bertz CT molecular complexity index is 2020. The quantitative estimate of drug-likeness (QED) is 0.0962. The molecule has 0 aliphatic heterocycles. The minimum atomic E-state index is -3.66. The predicted molar refractivity (Wildman–Crippen MR) is 189 cm³/mol. The predicted octanol–water partition coefficient (Wildman–Crippen LogP) is 6.60. The van der Waals surface area contributed by atoms with E-state index in [4.69, 9.17) is 4.74 Å². The third-order valence-corrected chi connectivity index (χ3v) is 9.76. The third-order valence-electron chi connectivity index (χ3n) is 8.30. The third kappa shape index (κ3) is 8.06. The summed E-state index contributed by atoms with van der Waals surface area (Å²) in [6.07, 6.45) is 3.42. The van der Waals surface area contributed by atoms with E-state index in [1.165, 1.54) is 29.3 Å². The van der Waals surface area contributed by atoms with Crippen LogP contribution in [0.25, 0.3) is 22.3 Å². The monoisotopic (exact) mass is 681 g/mol. The van der Waals surface area contributed by atoms with Gasteiger partial charge < -0.3 is 20.7 Å². The molecule has 4 aromatic carbocycles. The largest absolute Gasteiger partial charge is 0.449 e. The summed E-state index contributed by atoms with van der Waals surface area (Å²) in [5.41, 5.74) is 9.76. The number of hydrogen-bond acceptors (Lipinski definition) is 7. The standard InChI is InChI=1S/C23H30N4O5S.C14H9NO/c1-4-10-25-22(28)27-15-6-8-17-18-9-7-16(33(30,31)26-11-5-2)13-20(18)21(19(17)12-15)14-32-23(29)24-3;16-9-15-12-5-6-14-11(8-12)7-10-3-1-2-4-13(10)14/h6-9,12-13,21,26H,4-5,10-11,14H2,1-3H3,(H,24,29)(H2,25,27,28);1-6,8H,7H2. The average Bonchev–Trinajstić information content (AvgIpc) is 3.63. The van der Waals surface area contributed by atoms with Crippen molar-refractivity contribution in [3.63, 3.8) is 0 Å². The minimum absolute atomic E-state index is 0.0248. The smallest absolute Gasteiger partial charge is 0.406 e. The summed E-state index contributed by atoms with van der Waals surface area (Å²) in [7, 11) is -2.19. The van der Waals surface area contributed by atoms with Gasteiger partial charge in [0.1, 0.15) is 6.61 Å². The molecular formula is C37H39N5O6S. The Kier molecular flexibility index (Phi) is 11.3. The van der Waals surface area contributed by atoms with Crippen LogP contribution in [-0.2, 0) is 26.0 Å². The number of aliphatic imine (C=N–C) groups is 1. The van der Waals surface area contributed by atoms with Gasteiger partial charge >= 0.3 is 12.1 Å². The van der Waals surface area contributed by atoms with Crippen LogP contribution < -0.4 is 20.7 Å². The summed E-state index contributed by atoms with van der Waals surface area (Å²) in [5, 5.41) is 8.00. The highest BCUT2D eigenvalue weighted by Crippen LogP contribution is 2.46. The number of benzene rings is 4. The molecule has 2 aliphatic carbocycles. The van der Waals surface area contributed by atoms with Gasteiger partial charge in [-0.15, -0.1) is 0 Å². The van der Waals surface area contributed by atoms with Crippen LogP contribution >= 0.6 is 0 Å². The lowest BCUT2D eigenvalue weighted by Gasteiger charge is -2.16. The molecule has 2 aliphatic rings. The van der Waals surface area contributed by atoms with Crippen molar-refractivity contribution < 1.29 is 27.5 Å². The molecule has 0 fully saturated rings. The van der Waals surface area contributed by atoms with Crippen LogP contribution in [0, 0.1) is 0 Å². The summed E-state index contributed by atoms with van der Waals surface area (Å²) >= 11 is 0. The molecule has 4 aromatic rings. The van der Waals surface area contributed by atoms with E-state index in [-0.39, 0.29) is 23.5 Å². The van der Waals surface area contributed by atoms with Gasteiger partial charge in [-0.05, 0) is 100 Å². The van der Waals surface area contributed by atoms with Crippen molar-refractivity contribution in [3.8, 4) is 22.3 Å². The highest BCUT2D eigenvalue weighted by Gasteiger charge is 2.32. The van der Waals surface area contributed by atoms with Gasteiger partial charge in [0.2, 0.25) is 16.1 Å². The first-order valence-electron chi connectivity index (χ1n) is 16.1. The Hall–Kier alpha value is -5.29. The van der Waals surface area contributed by atoms with Crippen LogP contribution in [0.4, 0.5) is 21.0 Å². The molecule has 12 heteroatoms. The van der Waals surface area contributed by atoms with Gasteiger partial charge in [0.05, 0.1) is 10.6 Å². The lowest BCUT2D eigenvalue weighted by Crippen LogP contribution is -2.29. The number of urea groups is 1. The number of nitrogens with zero attached hydrogens (tertiary/aromatic N) is 1. The molecule has 11 nitrogen and oxygen atoms in total. The van der Waals surface area contributed by atoms with Gasteiger partial charge in [0.25, 0.3) is 0 Å². The van der Waals surface area contributed by atoms with E-state index in [0.717, 1.165) is 35.1 Å². The fourth-order valence-electron chi connectivity index (χ4n) is 5.98. The maximum atomic E-state index is 12.7. The summed E-state index contributed by atoms with van der Waals surface area (Å²) in [6, 6.07) is 24.4. The number of carbonyl (C=O) groups is 2. The van der Waals surface area contributed by atoms with Crippen molar-refractivity contribution in [2.75, 3.05) is 32.1 Å². The molecule has 4 N–H and O–H groups in total. The van der Waals surface area contributed by atoms with Crippen LogP contribution in [-0.4, -0.2) is 53.4 Å². The lowest BCUT2D eigenvalue weighted by atomic mass is 9.97. The van der Waals surface area contributed by atoms with Crippen LogP contribution in [0.2, 0.25) is 0 Å². The zero-order valence-electron chi connectivity index (χ0n) is 27.6. The van der Waals surface area contributed by atoms with Gasteiger partial charge in [-0.2, -0.15) is 4.99 Å². The molecule has 0 heterocycles. The Labute approximate surface area is 286 Å². The van der Waals surface area contributed by atoms with Crippen molar-refractivity contribution in [1.82, 2.24) is 15.4 Å². The van der Waals surface area contributed by atoms with Gasteiger partial charge in [-0.25, -0.2) is 27.5 Å². The van der Waals surface area contributed by atoms with Gasteiger partial charge in [0.15, 0.2) is 0 Å². The number of alkyl carbamates (subject to hydrolysis) is 1. The molecule has 0 saturated heterocycles. The molecule has 0 bridgehead atoms. The maximum Gasteiger partial charge on any atom is 0.406 e.